The number of hydrogen-bond donors (Lipinski definition) is 0. The van der Waals surface area contributed by atoms with Gasteiger partial charge in [-0.25, -0.2) is 4.68 Å². The number of nitrogens with zero attached hydrogens (tertiary/aromatic N) is 4. The maximum atomic E-state index is 13.4. The number of rotatable bonds is 5. The van der Waals surface area contributed by atoms with Crippen molar-refractivity contribution in [3.8, 4) is 16.9 Å². The van der Waals surface area contributed by atoms with Crippen molar-refractivity contribution in [3.05, 3.63) is 101 Å². The third kappa shape index (κ3) is 4.68. The molecule has 4 rings (SSSR count). The minimum Gasteiger partial charge on any atom is -0.335 e. The number of benzene rings is 2. The van der Waals surface area contributed by atoms with E-state index in [1.54, 1.807) is 78.9 Å². The molecular formula is C25H20ClF3N4O. The highest BCUT2D eigenvalue weighted by Gasteiger charge is 2.35. The van der Waals surface area contributed by atoms with Crippen molar-refractivity contribution in [2.75, 3.05) is 7.05 Å². The molecule has 4 aromatic rings. The van der Waals surface area contributed by atoms with E-state index in [1.165, 1.54) is 4.68 Å². The number of halogens is 4. The molecule has 2 heterocycles. The summed E-state index contributed by atoms with van der Waals surface area (Å²) in [5, 5.41) is 4.02. The van der Waals surface area contributed by atoms with Crippen LogP contribution in [0.5, 0.6) is 0 Å². The van der Waals surface area contributed by atoms with Gasteiger partial charge in [-0.1, -0.05) is 41.9 Å². The topological polar surface area (TPSA) is 51.0 Å². The Hall–Kier alpha value is -3.65. The Labute approximate surface area is 199 Å². The first-order chi connectivity index (χ1) is 16.2. The lowest BCUT2D eigenvalue weighted by atomic mass is 10.1. The minimum absolute atomic E-state index is 0.205. The predicted molar refractivity (Wildman–Crippen MR) is 124 cm³/mol. The molecule has 0 fully saturated rings. The van der Waals surface area contributed by atoms with Gasteiger partial charge in [-0.2, -0.15) is 18.3 Å². The van der Waals surface area contributed by atoms with Crippen LogP contribution in [0.2, 0.25) is 5.02 Å². The number of carbonyl (C=O) groups excluding carboxylic acids is 1. The summed E-state index contributed by atoms with van der Waals surface area (Å²) in [5.41, 5.74) is 1.24. The van der Waals surface area contributed by atoms with Gasteiger partial charge in [0.2, 0.25) is 0 Å². The van der Waals surface area contributed by atoms with Crippen molar-refractivity contribution in [2.24, 2.45) is 0 Å². The van der Waals surface area contributed by atoms with Crippen molar-refractivity contribution in [1.82, 2.24) is 19.7 Å². The van der Waals surface area contributed by atoms with Crippen LogP contribution in [0.1, 0.15) is 34.6 Å². The Balaban J connectivity index is 1.67. The molecule has 1 unspecified atom stereocenters. The van der Waals surface area contributed by atoms with Gasteiger partial charge < -0.3 is 4.90 Å². The maximum Gasteiger partial charge on any atom is 0.435 e. The molecule has 0 aliphatic heterocycles. The van der Waals surface area contributed by atoms with Gasteiger partial charge in [0, 0.05) is 30.6 Å². The zero-order chi connectivity index (χ0) is 24.5. The summed E-state index contributed by atoms with van der Waals surface area (Å²) in [4.78, 5) is 18.7. The number of alkyl halides is 3. The summed E-state index contributed by atoms with van der Waals surface area (Å²) in [7, 11) is 1.69. The Morgan fingerprint density at radius 2 is 1.76 bits per heavy atom. The van der Waals surface area contributed by atoms with E-state index in [0.29, 0.717) is 16.8 Å². The average molecular weight is 485 g/mol. The van der Waals surface area contributed by atoms with Gasteiger partial charge in [0.15, 0.2) is 5.69 Å². The summed E-state index contributed by atoms with van der Waals surface area (Å²) in [5.74, 6) is -0.224. The fourth-order valence-corrected chi connectivity index (χ4v) is 3.76. The van der Waals surface area contributed by atoms with Gasteiger partial charge in [0.1, 0.15) is 0 Å². The molecule has 0 saturated carbocycles. The first kappa shape index (κ1) is 23.5. The Morgan fingerprint density at radius 1 is 1.06 bits per heavy atom. The van der Waals surface area contributed by atoms with Gasteiger partial charge in [-0.3, -0.25) is 9.78 Å². The van der Waals surface area contributed by atoms with Crippen LogP contribution < -0.4 is 0 Å². The molecule has 1 amide bonds. The Morgan fingerprint density at radius 3 is 2.38 bits per heavy atom. The summed E-state index contributed by atoms with van der Waals surface area (Å²) < 4.78 is 41.4. The van der Waals surface area contributed by atoms with Gasteiger partial charge in [0.25, 0.3) is 5.91 Å². The SMILES string of the molecule is CC(c1cccnc1)N(C)C(=O)c1ccc(-c2cc(C(F)(F)F)nn2-c2ccccc2Cl)cc1. The first-order valence-electron chi connectivity index (χ1n) is 10.4. The number of amides is 1. The average Bonchev–Trinajstić information content (AvgIpc) is 3.29. The molecule has 34 heavy (non-hydrogen) atoms. The van der Waals surface area contributed by atoms with E-state index in [4.69, 9.17) is 11.6 Å². The summed E-state index contributed by atoms with van der Waals surface area (Å²) in [6.45, 7) is 1.89. The van der Waals surface area contributed by atoms with Crippen LogP contribution in [0.25, 0.3) is 16.9 Å². The van der Waals surface area contributed by atoms with Crippen molar-refractivity contribution in [3.63, 3.8) is 0 Å². The Kier molecular flexibility index (Phi) is 6.43. The van der Waals surface area contributed by atoms with E-state index >= 15 is 0 Å². The molecule has 9 heteroatoms. The largest absolute Gasteiger partial charge is 0.435 e. The van der Waals surface area contributed by atoms with Crippen LogP contribution in [-0.2, 0) is 6.18 Å². The zero-order valence-corrected chi connectivity index (χ0v) is 19.0. The van der Waals surface area contributed by atoms with Crippen LogP contribution in [0.3, 0.4) is 0 Å². The fraction of sp³-hybridized carbons (Fsp3) is 0.160. The molecule has 0 aliphatic carbocycles. The molecule has 0 aliphatic rings. The van der Waals surface area contributed by atoms with Crippen LogP contribution in [-0.4, -0.2) is 32.6 Å². The van der Waals surface area contributed by atoms with E-state index in [9.17, 15) is 18.0 Å². The molecule has 0 radical (unpaired) electrons. The van der Waals surface area contributed by atoms with E-state index in [2.05, 4.69) is 10.1 Å². The quantitative estimate of drug-likeness (QED) is 0.327. The number of aromatic nitrogens is 3. The number of hydrogen-bond acceptors (Lipinski definition) is 3. The van der Waals surface area contributed by atoms with E-state index in [0.717, 1.165) is 11.6 Å². The maximum absolute atomic E-state index is 13.4. The highest BCUT2D eigenvalue weighted by atomic mass is 35.5. The second-order valence-electron chi connectivity index (χ2n) is 7.73. The molecule has 0 bridgehead atoms. The van der Waals surface area contributed by atoms with Crippen molar-refractivity contribution in [1.29, 1.82) is 0 Å². The summed E-state index contributed by atoms with van der Waals surface area (Å²) >= 11 is 6.23. The molecular weight excluding hydrogens is 465 g/mol. The predicted octanol–water partition coefficient (Wildman–Crippen LogP) is 6.44. The first-order valence-corrected chi connectivity index (χ1v) is 10.7. The monoisotopic (exact) mass is 484 g/mol. The van der Waals surface area contributed by atoms with Crippen molar-refractivity contribution < 1.29 is 18.0 Å². The summed E-state index contributed by atoms with van der Waals surface area (Å²) in [6.07, 6.45) is -1.26. The van der Waals surface area contributed by atoms with Crippen LogP contribution in [0, 0.1) is 0 Å². The van der Waals surface area contributed by atoms with Crippen molar-refractivity contribution >= 4 is 17.5 Å². The molecule has 0 N–H and O–H groups in total. The van der Waals surface area contributed by atoms with Crippen LogP contribution in [0.4, 0.5) is 13.2 Å². The second-order valence-corrected chi connectivity index (χ2v) is 8.14. The van der Waals surface area contributed by atoms with Crippen LogP contribution >= 0.6 is 11.6 Å². The summed E-state index contributed by atoms with van der Waals surface area (Å²) in [6, 6.07) is 17.3. The van der Waals surface area contributed by atoms with Crippen LogP contribution in [0.15, 0.2) is 79.1 Å². The third-order valence-electron chi connectivity index (χ3n) is 5.58. The van der Waals surface area contributed by atoms with E-state index in [1.807, 2.05) is 13.0 Å². The number of para-hydroxylation sites is 1. The highest BCUT2D eigenvalue weighted by Crippen LogP contribution is 2.34. The lowest BCUT2D eigenvalue weighted by Gasteiger charge is -2.25. The third-order valence-corrected chi connectivity index (χ3v) is 5.90. The molecule has 174 valence electrons. The molecule has 2 aromatic heterocycles. The van der Waals surface area contributed by atoms with Gasteiger partial charge in [0.05, 0.1) is 22.4 Å². The normalized spacial score (nSPS) is 12.4. The van der Waals surface area contributed by atoms with E-state index in [-0.39, 0.29) is 22.7 Å². The van der Waals surface area contributed by atoms with Gasteiger partial charge >= 0.3 is 6.18 Å². The van der Waals surface area contributed by atoms with Gasteiger partial charge in [-0.15, -0.1) is 0 Å². The fourth-order valence-electron chi connectivity index (χ4n) is 3.54. The van der Waals surface area contributed by atoms with E-state index < -0.39 is 11.9 Å². The second kappa shape index (κ2) is 9.30. The van der Waals surface area contributed by atoms with Crippen molar-refractivity contribution in [2.45, 2.75) is 19.1 Å². The lowest BCUT2D eigenvalue weighted by molar-refractivity contribution is -0.141. The molecule has 0 saturated heterocycles. The highest BCUT2D eigenvalue weighted by molar-refractivity contribution is 6.32. The minimum atomic E-state index is -4.62. The number of carbonyl (C=O) groups is 1. The van der Waals surface area contributed by atoms with Gasteiger partial charge in [-0.05, 0) is 48.9 Å². The number of pyridine rings is 1. The molecule has 1 atom stereocenters. The molecule has 2 aromatic carbocycles. The molecule has 0 spiro atoms. The standard InChI is InChI=1S/C25H20ClF3N4O/c1-16(19-6-5-13-30-15-19)32(2)24(34)18-11-9-17(10-12-18)22-14-23(25(27,28)29)31-33(22)21-8-4-3-7-20(21)26/h3-16H,1-2H3. The zero-order valence-electron chi connectivity index (χ0n) is 18.3. The Bertz CT molecular complexity index is 1300. The lowest BCUT2D eigenvalue weighted by Crippen LogP contribution is -2.29. The molecule has 5 nitrogen and oxygen atoms in total. The smallest absolute Gasteiger partial charge is 0.335 e.